The average Bonchev–Trinajstić information content (AvgIpc) is 2.37. The van der Waals surface area contributed by atoms with Crippen LogP contribution < -0.4 is 5.73 Å². The maximum atomic E-state index is 9.79. The zero-order valence-electron chi connectivity index (χ0n) is 11.1. The Balaban J connectivity index is 2.65. The molecule has 0 aromatic heterocycles. The fourth-order valence-corrected chi connectivity index (χ4v) is 1.68. The smallest absolute Gasteiger partial charge is 0.120 e. The summed E-state index contributed by atoms with van der Waals surface area (Å²) in [7, 11) is 3.35. The lowest BCUT2D eigenvalue weighted by Gasteiger charge is -2.22. The molecule has 0 aliphatic carbocycles. The number of ether oxygens (including phenoxy) is 2. The number of methoxy groups -OCH3 is 2. The Morgan fingerprint density at radius 2 is 1.78 bits per heavy atom. The van der Waals surface area contributed by atoms with Gasteiger partial charge in [-0.3, -0.25) is 4.90 Å². The lowest BCUT2D eigenvalue weighted by molar-refractivity contribution is 0.110. The van der Waals surface area contributed by atoms with E-state index in [1.807, 2.05) is 0 Å². The van der Waals surface area contributed by atoms with Crippen molar-refractivity contribution in [1.82, 2.24) is 4.90 Å². The van der Waals surface area contributed by atoms with Crippen molar-refractivity contribution in [2.24, 2.45) is 0 Å². The molecule has 0 amide bonds. The van der Waals surface area contributed by atoms with Crippen LogP contribution in [0.3, 0.4) is 0 Å². The minimum absolute atomic E-state index is 0.268. The molecule has 1 aromatic carbocycles. The summed E-state index contributed by atoms with van der Waals surface area (Å²) in [6.07, 6.45) is 0. The van der Waals surface area contributed by atoms with Gasteiger partial charge < -0.3 is 20.3 Å². The van der Waals surface area contributed by atoms with Crippen molar-refractivity contribution >= 4 is 5.69 Å². The maximum absolute atomic E-state index is 9.79. The average molecular weight is 254 g/mol. The Labute approximate surface area is 108 Å². The van der Waals surface area contributed by atoms with Crippen LogP contribution in [-0.2, 0) is 16.0 Å². The third-order valence-electron chi connectivity index (χ3n) is 2.72. The van der Waals surface area contributed by atoms with Crippen LogP contribution in [0.15, 0.2) is 18.2 Å². The van der Waals surface area contributed by atoms with Crippen LogP contribution in [0.2, 0.25) is 0 Å². The molecule has 0 bridgehead atoms. The fourth-order valence-electron chi connectivity index (χ4n) is 1.68. The number of aromatic hydroxyl groups is 1. The van der Waals surface area contributed by atoms with Gasteiger partial charge in [0.25, 0.3) is 0 Å². The van der Waals surface area contributed by atoms with Crippen LogP contribution in [0.5, 0.6) is 5.75 Å². The Morgan fingerprint density at radius 1 is 1.17 bits per heavy atom. The molecule has 5 heteroatoms. The SMILES string of the molecule is COCCN(CCOC)Cc1cc(N)ccc1O. The quantitative estimate of drug-likeness (QED) is 0.536. The Kier molecular flexibility index (Phi) is 6.49. The molecule has 18 heavy (non-hydrogen) atoms. The topological polar surface area (TPSA) is 68.0 Å². The fraction of sp³-hybridized carbons (Fsp3) is 0.538. The summed E-state index contributed by atoms with van der Waals surface area (Å²) in [6, 6.07) is 5.10. The molecule has 0 unspecified atom stereocenters. The van der Waals surface area contributed by atoms with Crippen molar-refractivity contribution in [2.45, 2.75) is 6.54 Å². The number of rotatable bonds is 8. The van der Waals surface area contributed by atoms with Crippen LogP contribution >= 0.6 is 0 Å². The summed E-state index contributed by atoms with van der Waals surface area (Å²) < 4.78 is 10.1. The van der Waals surface area contributed by atoms with Gasteiger partial charge in [-0.2, -0.15) is 0 Å². The van der Waals surface area contributed by atoms with Crippen LogP contribution in [0.1, 0.15) is 5.56 Å². The summed E-state index contributed by atoms with van der Waals surface area (Å²) >= 11 is 0. The number of anilines is 1. The summed E-state index contributed by atoms with van der Waals surface area (Å²) in [5.74, 6) is 0.268. The second-order valence-corrected chi connectivity index (χ2v) is 4.15. The van der Waals surface area contributed by atoms with Crippen molar-refractivity contribution in [3.8, 4) is 5.75 Å². The second-order valence-electron chi connectivity index (χ2n) is 4.15. The van der Waals surface area contributed by atoms with Gasteiger partial charge in [0.1, 0.15) is 5.75 Å². The van der Waals surface area contributed by atoms with Crippen molar-refractivity contribution in [3.63, 3.8) is 0 Å². The molecule has 0 aliphatic heterocycles. The molecule has 0 aliphatic rings. The monoisotopic (exact) mass is 254 g/mol. The number of phenolic OH excluding ortho intramolecular Hbond substituents is 1. The number of nitrogens with zero attached hydrogens (tertiary/aromatic N) is 1. The lowest BCUT2D eigenvalue weighted by Crippen LogP contribution is -2.30. The van der Waals surface area contributed by atoms with E-state index < -0.39 is 0 Å². The number of hydrogen-bond donors (Lipinski definition) is 2. The molecule has 0 atom stereocenters. The van der Waals surface area contributed by atoms with Crippen molar-refractivity contribution < 1.29 is 14.6 Å². The standard InChI is InChI=1S/C13H22N2O3/c1-17-7-5-15(6-8-18-2)10-11-9-12(14)3-4-13(11)16/h3-4,9,16H,5-8,10,14H2,1-2H3. The largest absolute Gasteiger partial charge is 0.508 e. The van der Waals surface area contributed by atoms with Gasteiger partial charge in [0.15, 0.2) is 0 Å². The predicted octanol–water partition coefficient (Wildman–Crippen LogP) is 1.07. The van der Waals surface area contributed by atoms with Crippen molar-refractivity contribution in [1.29, 1.82) is 0 Å². The normalized spacial score (nSPS) is 11.1. The van der Waals surface area contributed by atoms with E-state index in [2.05, 4.69) is 4.90 Å². The van der Waals surface area contributed by atoms with Gasteiger partial charge in [-0.05, 0) is 18.2 Å². The Morgan fingerprint density at radius 3 is 2.33 bits per heavy atom. The molecule has 1 aromatic rings. The molecule has 1 rings (SSSR count). The van der Waals surface area contributed by atoms with Crippen LogP contribution in [0.25, 0.3) is 0 Å². The summed E-state index contributed by atoms with van der Waals surface area (Å²) in [5, 5.41) is 9.79. The van der Waals surface area contributed by atoms with E-state index in [9.17, 15) is 5.11 Å². The van der Waals surface area contributed by atoms with E-state index in [1.165, 1.54) is 0 Å². The number of nitrogens with two attached hydrogens (primary N) is 1. The molecule has 0 heterocycles. The first-order valence-electron chi connectivity index (χ1n) is 5.95. The van der Waals surface area contributed by atoms with E-state index in [-0.39, 0.29) is 5.75 Å². The highest BCUT2D eigenvalue weighted by Gasteiger charge is 2.09. The van der Waals surface area contributed by atoms with E-state index in [1.54, 1.807) is 32.4 Å². The third kappa shape index (κ3) is 4.91. The molecule has 0 spiro atoms. The second kappa shape index (κ2) is 7.92. The number of phenols is 1. The Bertz CT molecular complexity index is 350. The first-order valence-corrected chi connectivity index (χ1v) is 5.95. The van der Waals surface area contributed by atoms with Gasteiger partial charge in [0, 0.05) is 45.1 Å². The molecule has 0 fully saturated rings. The molecule has 102 valence electrons. The van der Waals surface area contributed by atoms with Gasteiger partial charge >= 0.3 is 0 Å². The molecule has 0 saturated carbocycles. The first kappa shape index (κ1) is 14.8. The van der Waals surface area contributed by atoms with Crippen molar-refractivity contribution in [3.05, 3.63) is 23.8 Å². The third-order valence-corrected chi connectivity index (χ3v) is 2.72. The Hall–Kier alpha value is -1.30. The minimum Gasteiger partial charge on any atom is -0.508 e. The number of benzene rings is 1. The van der Waals surface area contributed by atoms with Gasteiger partial charge in [-0.25, -0.2) is 0 Å². The zero-order valence-corrected chi connectivity index (χ0v) is 11.1. The van der Waals surface area contributed by atoms with Crippen molar-refractivity contribution in [2.75, 3.05) is 46.3 Å². The highest BCUT2D eigenvalue weighted by molar-refractivity contribution is 5.47. The number of hydrogen-bond acceptors (Lipinski definition) is 5. The number of nitrogen functional groups attached to an aromatic ring is 1. The van der Waals surface area contributed by atoms with E-state index in [0.717, 1.165) is 18.7 Å². The van der Waals surface area contributed by atoms with Gasteiger partial charge in [-0.1, -0.05) is 0 Å². The molecule has 3 N–H and O–H groups in total. The van der Waals surface area contributed by atoms with E-state index in [4.69, 9.17) is 15.2 Å². The van der Waals surface area contributed by atoms with Crippen LogP contribution in [0, 0.1) is 0 Å². The molecular formula is C13H22N2O3. The molecular weight excluding hydrogens is 232 g/mol. The van der Waals surface area contributed by atoms with Gasteiger partial charge in [0.2, 0.25) is 0 Å². The van der Waals surface area contributed by atoms with Crippen LogP contribution in [0.4, 0.5) is 5.69 Å². The van der Waals surface area contributed by atoms with Gasteiger partial charge in [0.05, 0.1) is 13.2 Å². The summed E-state index contributed by atoms with van der Waals surface area (Å²) in [6.45, 7) is 3.49. The molecule has 0 saturated heterocycles. The maximum Gasteiger partial charge on any atom is 0.120 e. The van der Waals surface area contributed by atoms with Crippen LogP contribution in [-0.4, -0.2) is 50.5 Å². The molecule has 0 radical (unpaired) electrons. The summed E-state index contributed by atoms with van der Waals surface area (Å²) in [4.78, 5) is 2.15. The highest BCUT2D eigenvalue weighted by atomic mass is 16.5. The highest BCUT2D eigenvalue weighted by Crippen LogP contribution is 2.21. The lowest BCUT2D eigenvalue weighted by atomic mass is 10.1. The first-order chi connectivity index (χ1) is 8.67. The zero-order chi connectivity index (χ0) is 13.4. The minimum atomic E-state index is 0.268. The predicted molar refractivity (Wildman–Crippen MR) is 71.5 cm³/mol. The molecule has 5 nitrogen and oxygen atoms in total. The van der Waals surface area contributed by atoms with E-state index in [0.29, 0.717) is 25.4 Å². The van der Waals surface area contributed by atoms with E-state index >= 15 is 0 Å². The van der Waals surface area contributed by atoms with Gasteiger partial charge in [-0.15, -0.1) is 0 Å². The summed E-state index contributed by atoms with van der Waals surface area (Å²) in [5.41, 5.74) is 7.20.